The summed E-state index contributed by atoms with van der Waals surface area (Å²) in [4.78, 5) is 8.80. The molecule has 94 valence electrons. The summed E-state index contributed by atoms with van der Waals surface area (Å²) in [5.74, 6) is 0.658. The van der Waals surface area contributed by atoms with Gasteiger partial charge in [-0.3, -0.25) is 0 Å². The van der Waals surface area contributed by atoms with Crippen LogP contribution in [0.5, 0.6) is 0 Å². The molecule has 1 aromatic heterocycles. The van der Waals surface area contributed by atoms with Gasteiger partial charge in [0, 0.05) is 12.7 Å². The van der Waals surface area contributed by atoms with Crippen LogP contribution in [0.3, 0.4) is 0 Å². The van der Waals surface area contributed by atoms with Crippen LogP contribution in [-0.4, -0.2) is 17.1 Å². The second-order valence-electron chi connectivity index (χ2n) is 4.21. The number of halogens is 1. The highest BCUT2D eigenvalue weighted by molar-refractivity contribution is 6.29. The maximum atomic E-state index is 6.03. The van der Waals surface area contributed by atoms with Crippen molar-refractivity contribution < 1.29 is 4.74 Å². The van der Waals surface area contributed by atoms with E-state index in [9.17, 15) is 0 Å². The number of ether oxygens (including phenoxy) is 1. The standard InChI is InChI=1S/C14H15ClN2O/c1-9-5-4-6-10(2)13(9)14-16-11(8-18-3)7-12(15)17-14/h4-7H,8H2,1-3H3. The van der Waals surface area contributed by atoms with Gasteiger partial charge in [0.25, 0.3) is 0 Å². The van der Waals surface area contributed by atoms with E-state index in [1.54, 1.807) is 13.2 Å². The van der Waals surface area contributed by atoms with Gasteiger partial charge in [0.15, 0.2) is 5.82 Å². The molecular formula is C14H15ClN2O. The van der Waals surface area contributed by atoms with Crippen molar-refractivity contribution >= 4 is 11.6 Å². The van der Waals surface area contributed by atoms with Crippen LogP contribution in [0.4, 0.5) is 0 Å². The Morgan fingerprint density at radius 1 is 1.17 bits per heavy atom. The second-order valence-corrected chi connectivity index (χ2v) is 4.59. The molecule has 1 aromatic carbocycles. The topological polar surface area (TPSA) is 35.0 Å². The highest BCUT2D eigenvalue weighted by Crippen LogP contribution is 2.25. The molecular weight excluding hydrogens is 248 g/mol. The fourth-order valence-electron chi connectivity index (χ4n) is 1.97. The lowest BCUT2D eigenvalue weighted by molar-refractivity contribution is 0.181. The third kappa shape index (κ3) is 2.68. The van der Waals surface area contributed by atoms with Crippen molar-refractivity contribution in [3.05, 3.63) is 46.2 Å². The van der Waals surface area contributed by atoms with Crippen molar-refractivity contribution in [2.45, 2.75) is 20.5 Å². The predicted molar refractivity (Wildman–Crippen MR) is 72.7 cm³/mol. The molecule has 0 fully saturated rings. The molecule has 0 amide bonds. The van der Waals surface area contributed by atoms with Crippen LogP contribution in [0.1, 0.15) is 16.8 Å². The van der Waals surface area contributed by atoms with E-state index in [-0.39, 0.29) is 0 Å². The van der Waals surface area contributed by atoms with E-state index in [2.05, 4.69) is 9.97 Å². The molecule has 0 unspecified atom stereocenters. The van der Waals surface area contributed by atoms with E-state index < -0.39 is 0 Å². The quantitative estimate of drug-likeness (QED) is 0.794. The lowest BCUT2D eigenvalue weighted by Gasteiger charge is -2.10. The van der Waals surface area contributed by atoms with Crippen molar-refractivity contribution in [3.63, 3.8) is 0 Å². The van der Waals surface area contributed by atoms with Gasteiger partial charge in [0.05, 0.1) is 12.3 Å². The first-order chi connectivity index (χ1) is 8.61. The molecule has 1 heterocycles. The first kappa shape index (κ1) is 13.0. The number of methoxy groups -OCH3 is 1. The Morgan fingerprint density at radius 3 is 2.44 bits per heavy atom. The number of benzene rings is 1. The molecule has 0 aliphatic rings. The van der Waals surface area contributed by atoms with E-state index in [0.29, 0.717) is 17.6 Å². The maximum Gasteiger partial charge on any atom is 0.161 e. The van der Waals surface area contributed by atoms with E-state index in [0.717, 1.165) is 22.4 Å². The molecule has 4 heteroatoms. The summed E-state index contributed by atoms with van der Waals surface area (Å²) in [6.45, 7) is 4.52. The average Bonchev–Trinajstić information content (AvgIpc) is 2.28. The Hall–Kier alpha value is -1.45. The molecule has 0 radical (unpaired) electrons. The fourth-order valence-corrected chi connectivity index (χ4v) is 2.17. The van der Waals surface area contributed by atoms with Gasteiger partial charge < -0.3 is 4.74 Å². The first-order valence-corrected chi connectivity index (χ1v) is 6.08. The van der Waals surface area contributed by atoms with Crippen LogP contribution < -0.4 is 0 Å². The zero-order valence-corrected chi connectivity index (χ0v) is 11.5. The van der Waals surface area contributed by atoms with E-state index >= 15 is 0 Å². The highest BCUT2D eigenvalue weighted by atomic mass is 35.5. The Labute approximate surface area is 112 Å². The van der Waals surface area contributed by atoms with Crippen LogP contribution in [0.2, 0.25) is 5.15 Å². The summed E-state index contributed by atoms with van der Waals surface area (Å²) in [6, 6.07) is 7.84. The minimum absolute atomic E-state index is 0.431. The maximum absolute atomic E-state index is 6.03. The average molecular weight is 263 g/mol. The minimum atomic E-state index is 0.431. The van der Waals surface area contributed by atoms with Crippen molar-refractivity contribution in [3.8, 4) is 11.4 Å². The lowest BCUT2D eigenvalue weighted by Crippen LogP contribution is -2.00. The van der Waals surface area contributed by atoms with E-state index in [4.69, 9.17) is 16.3 Å². The Balaban J connectivity index is 2.56. The SMILES string of the molecule is COCc1cc(Cl)nc(-c2c(C)cccc2C)n1. The second kappa shape index (κ2) is 5.46. The molecule has 0 aliphatic heterocycles. The highest BCUT2D eigenvalue weighted by Gasteiger charge is 2.10. The molecule has 0 saturated heterocycles. The fraction of sp³-hybridized carbons (Fsp3) is 0.286. The minimum Gasteiger partial charge on any atom is -0.378 e. The monoisotopic (exact) mass is 262 g/mol. The molecule has 18 heavy (non-hydrogen) atoms. The molecule has 0 atom stereocenters. The number of aryl methyl sites for hydroxylation is 2. The van der Waals surface area contributed by atoms with Crippen LogP contribution in [0, 0.1) is 13.8 Å². The van der Waals surface area contributed by atoms with Crippen molar-refractivity contribution in [2.75, 3.05) is 7.11 Å². The van der Waals surface area contributed by atoms with Gasteiger partial charge in [-0.1, -0.05) is 29.8 Å². The Morgan fingerprint density at radius 2 is 1.83 bits per heavy atom. The van der Waals surface area contributed by atoms with Crippen LogP contribution >= 0.6 is 11.6 Å². The summed E-state index contributed by atoms with van der Waals surface area (Å²) in [7, 11) is 1.63. The van der Waals surface area contributed by atoms with Gasteiger partial charge >= 0.3 is 0 Å². The summed E-state index contributed by atoms with van der Waals surface area (Å²) >= 11 is 6.03. The molecule has 0 saturated carbocycles. The van der Waals surface area contributed by atoms with Gasteiger partial charge in [-0.25, -0.2) is 9.97 Å². The summed E-state index contributed by atoms with van der Waals surface area (Å²) in [5.41, 5.74) is 4.11. The van der Waals surface area contributed by atoms with Gasteiger partial charge in [-0.15, -0.1) is 0 Å². The molecule has 0 aliphatic carbocycles. The lowest BCUT2D eigenvalue weighted by atomic mass is 10.0. The third-order valence-corrected chi connectivity index (χ3v) is 2.94. The van der Waals surface area contributed by atoms with Crippen molar-refractivity contribution in [1.29, 1.82) is 0 Å². The van der Waals surface area contributed by atoms with Crippen LogP contribution in [-0.2, 0) is 11.3 Å². The number of hydrogen-bond donors (Lipinski definition) is 0. The molecule has 2 aromatic rings. The zero-order valence-electron chi connectivity index (χ0n) is 10.7. The number of aromatic nitrogens is 2. The molecule has 3 nitrogen and oxygen atoms in total. The molecule has 0 N–H and O–H groups in total. The number of rotatable bonds is 3. The first-order valence-electron chi connectivity index (χ1n) is 5.71. The Bertz CT molecular complexity index is 549. The third-order valence-electron chi connectivity index (χ3n) is 2.74. The van der Waals surface area contributed by atoms with Gasteiger partial charge in [-0.05, 0) is 31.0 Å². The van der Waals surface area contributed by atoms with Gasteiger partial charge in [-0.2, -0.15) is 0 Å². The summed E-state index contributed by atoms with van der Waals surface area (Å²) in [5, 5.41) is 0.440. The normalized spacial score (nSPS) is 10.7. The zero-order chi connectivity index (χ0) is 13.1. The van der Waals surface area contributed by atoms with E-state index in [1.165, 1.54) is 0 Å². The van der Waals surface area contributed by atoms with Gasteiger partial charge in [0.1, 0.15) is 5.15 Å². The molecule has 2 rings (SSSR count). The van der Waals surface area contributed by atoms with Crippen LogP contribution in [0.25, 0.3) is 11.4 Å². The van der Waals surface area contributed by atoms with Gasteiger partial charge in [0.2, 0.25) is 0 Å². The largest absolute Gasteiger partial charge is 0.378 e. The number of hydrogen-bond acceptors (Lipinski definition) is 3. The molecule has 0 spiro atoms. The smallest absolute Gasteiger partial charge is 0.161 e. The summed E-state index contributed by atoms with van der Waals surface area (Å²) in [6.07, 6.45) is 0. The van der Waals surface area contributed by atoms with Crippen molar-refractivity contribution in [2.24, 2.45) is 0 Å². The van der Waals surface area contributed by atoms with E-state index in [1.807, 2.05) is 32.0 Å². The predicted octanol–water partition coefficient (Wildman–Crippen LogP) is 3.56. The summed E-state index contributed by atoms with van der Waals surface area (Å²) < 4.78 is 5.09. The number of nitrogens with zero attached hydrogens (tertiary/aromatic N) is 2. The van der Waals surface area contributed by atoms with Crippen LogP contribution in [0.15, 0.2) is 24.3 Å². The van der Waals surface area contributed by atoms with Crippen molar-refractivity contribution in [1.82, 2.24) is 9.97 Å². The molecule has 0 bridgehead atoms. The Kier molecular flexibility index (Phi) is 3.94.